The van der Waals surface area contributed by atoms with Crippen molar-refractivity contribution >= 4 is 34.1 Å². The molecule has 0 saturated carbocycles. The lowest BCUT2D eigenvalue weighted by molar-refractivity contribution is 0.205. The number of methoxy groups -OCH3 is 1. The number of anilines is 2. The molecule has 1 aromatic rings. The Bertz CT molecular complexity index is 304. The zero-order chi connectivity index (χ0) is 11.3. The number of ether oxygens (including phenoxy) is 1. The van der Waals surface area contributed by atoms with Crippen LogP contribution >= 0.6 is 23.3 Å². The summed E-state index contributed by atoms with van der Waals surface area (Å²) in [4.78, 5) is 3.32. The van der Waals surface area contributed by atoms with Crippen molar-refractivity contribution in [3.63, 3.8) is 0 Å². The Labute approximate surface area is 99.0 Å². The number of likely N-dealkylation sites (N-methyl/N-ethyl adjacent to an activating group) is 1. The van der Waals surface area contributed by atoms with Gasteiger partial charge in [-0.1, -0.05) is 0 Å². The first kappa shape index (κ1) is 12.6. The van der Waals surface area contributed by atoms with Gasteiger partial charge in [0.05, 0.1) is 11.5 Å². The molecule has 86 valence electrons. The Morgan fingerprint density at radius 3 is 2.87 bits per heavy atom. The van der Waals surface area contributed by atoms with Gasteiger partial charge in [-0.3, -0.25) is 0 Å². The number of rotatable bonds is 6. The van der Waals surface area contributed by atoms with E-state index in [0.29, 0.717) is 5.82 Å². The first-order valence-corrected chi connectivity index (χ1v) is 6.77. The molecule has 1 heterocycles. The molecule has 2 N–H and O–H groups in total. The molecular formula is C9H17N3OS2. The fraction of sp³-hybridized carbons (Fsp3) is 0.667. The van der Waals surface area contributed by atoms with Gasteiger partial charge in [0.1, 0.15) is 5.00 Å². The molecule has 0 aliphatic rings. The molecule has 0 atom stereocenters. The predicted molar refractivity (Wildman–Crippen MR) is 68.1 cm³/mol. The van der Waals surface area contributed by atoms with Crippen LogP contribution < -0.4 is 10.6 Å². The van der Waals surface area contributed by atoms with Crippen molar-refractivity contribution in [2.75, 3.05) is 43.7 Å². The number of nitrogens with zero attached hydrogens (tertiary/aromatic N) is 2. The Morgan fingerprint density at radius 2 is 2.33 bits per heavy atom. The van der Waals surface area contributed by atoms with Gasteiger partial charge in [0.25, 0.3) is 0 Å². The van der Waals surface area contributed by atoms with E-state index in [0.717, 1.165) is 29.6 Å². The van der Waals surface area contributed by atoms with E-state index < -0.39 is 0 Å². The maximum atomic E-state index is 5.79. The highest BCUT2D eigenvalue weighted by Crippen LogP contribution is 2.37. The zero-order valence-corrected chi connectivity index (χ0v) is 11.0. The summed E-state index contributed by atoms with van der Waals surface area (Å²) in [6, 6.07) is 0. The van der Waals surface area contributed by atoms with E-state index in [9.17, 15) is 0 Å². The normalized spacial score (nSPS) is 10.6. The minimum atomic E-state index is 0.637. The molecule has 0 amide bonds. The highest BCUT2D eigenvalue weighted by atomic mass is 32.2. The summed E-state index contributed by atoms with van der Waals surface area (Å²) < 4.78 is 9.26. The molecular weight excluding hydrogens is 230 g/mol. The van der Waals surface area contributed by atoms with Gasteiger partial charge in [0.2, 0.25) is 0 Å². The quantitative estimate of drug-likeness (QED) is 0.778. The first-order chi connectivity index (χ1) is 7.24. The number of hydrogen-bond donors (Lipinski definition) is 1. The average molecular weight is 247 g/mol. The largest absolute Gasteiger partial charge is 0.383 e. The number of nitrogens with two attached hydrogens (primary N) is 1. The predicted octanol–water partition coefficient (Wildman–Crippen LogP) is 1.92. The van der Waals surface area contributed by atoms with Crippen LogP contribution in [0.4, 0.5) is 10.8 Å². The van der Waals surface area contributed by atoms with Crippen LogP contribution in [0, 0.1) is 0 Å². The van der Waals surface area contributed by atoms with Crippen LogP contribution in [0.3, 0.4) is 0 Å². The molecule has 0 aliphatic heterocycles. The van der Waals surface area contributed by atoms with Gasteiger partial charge in [0.15, 0.2) is 5.82 Å². The van der Waals surface area contributed by atoms with Crippen molar-refractivity contribution in [1.82, 2.24) is 4.37 Å². The second kappa shape index (κ2) is 6.19. The maximum Gasteiger partial charge on any atom is 0.153 e. The van der Waals surface area contributed by atoms with Gasteiger partial charge in [-0.15, -0.1) is 11.8 Å². The second-order valence-electron chi connectivity index (χ2n) is 2.98. The Kier molecular flexibility index (Phi) is 5.21. The lowest BCUT2D eigenvalue weighted by Gasteiger charge is -2.21. The van der Waals surface area contributed by atoms with E-state index >= 15 is 0 Å². The van der Waals surface area contributed by atoms with Crippen LogP contribution in [0.25, 0.3) is 0 Å². The number of thioether (sulfide) groups is 1. The van der Waals surface area contributed by atoms with E-state index in [1.165, 1.54) is 11.5 Å². The third-order valence-electron chi connectivity index (χ3n) is 2.10. The van der Waals surface area contributed by atoms with Crippen molar-refractivity contribution in [1.29, 1.82) is 0 Å². The van der Waals surface area contributed by atoms with Gasteiger partial charge in [-0.2, -0.15) is 4.37 Å². The molecule has 0 spiro atoms. The standard InChI is InChI=1S/C9H17N3OS2/c1-4-12(5-6-13-2)9-7(14-3)8(10)11-15-9/h4-6H2,1-3H3,(H2,10,11). The van der Waals surface area contributed by atoms with Gasteiger partial charge in [-0.25, -0.2) is 0 Å². The monoisotopic (exact) mass is 247 g/mol. The van der Waals surface area contributed by atoms with Crippen molar-refractivity contribution in [2.24, 2.45) is 0 Å². The van der Waals surface area contributed by atoms with Crippen molar-refractivity contribution in [3.05, 3.63) is 0 Å². The molecule has 1 aromatic heterocycles. The molecule has 0 radical (unpaired) electrons. The molecule has 0 bridgehead atoms. The van der Waals surface area contributed by atoms with Gasteiger partial charge >= 0.3 is 0 Å². The second-order valence-corrected chi connectivity index (χ2v) is 4.55. The van der Waals surface area contributed by atoms with E-state index in [-0.39, 0.29) is 0 Å². The van der Waals surface area contributed by atoms with Crippen LogP contribution in [0.5, 0.6) is 0 Å². The smallest absolute Gasteiger partial charge is 0.153 e. The van der Waals surface area contributed by atoms with Gasteiger partial charge < -0.3 is 15.4 Å². The average Bonchev–Trinajstić information content (AvgIpc) is 2.61. The summed E-state index contributed by atoms with van der Waals surface area (Å²) in [6.45, 7) is 4.66. The molecule has 0 aromatic carbocycles. The van der Waals surface area contributed by atoms with Gasteiger partial charge in [-0.05, 0) is 24.7 Å². The first-order valence-electron chi connectivity index (χ1n) is 4.77. The molecule has 0 unspecified atom stereocenters. The minimum absolute atomic E-state index is 0.637. The maximum absolute atomic E-state index is 5.79. The lowest BCUT2D eigenvalue weighted by atomic mass is 10.5. The van der Waals surface area contributed by atoms with Crippen LogP contribution in [0.15, 0.2) is 4.90 Å². The molecule has 15 heavy (non-hydrogen) atoms. The Morgan fingerprint density at radius 1 is 1.60 bits per heavy atom. The zero-order valence-electron chi connectivity index (χ0n) is 9.32. The topological polar surface area (TPSA) is 51.4 Å². The highest BCUT2D eigenvalue weighted by Gasteiger charge is 2.15. The Hall–Kier alpha value is -0.460. The third-order valence-corrected chi connectivity index (χ3v) is 3.96. The highest BCUT2D eigenvalue weighted by molar-refractivity contribution is 7.99. The molecule has 0 saturated heterocycles. The summed E-state index contributed by atoms with van der Waals surface area (Å²) in [5.41, 5.74) is 5.79. The van der Waals surface area contributed by atoms with Crippen molar-refractivity contribution in [2.45, 2.75) is 11.8 Å². The number of hydrogen-bond acceptors (Lipinski definition) is 6. The Balaban J connectivity index is 2.81. The fourth-order valence-corrected chi connectivity index (χ4v) is 3.06. The molecule has 1 rings (SSSR count). The van der Waals surface area contributed by atoms with Crippen molar-refractivity contribution < 1.29 is 4.74 Å². The molecule has 6 heteroatoms. The van der Waals surface area contributed by atoms with Crippen LogP contribution in [0.2, 0.25) is 0 Å². The van der Waals surface area contributed by atoms with Crippen molar-refractivity contribution in [3.8, 4) is 0 Å². The number of aromatic nitrogens is 1. The molecule has 4 nitrogen and oxygen atoms in total. The lowest BCUT2D eigenvalue weighted by Crippen LogP contribution is -2.26. The van der Waals surface area contributed by atoms with E-state index in [1.807, 2.05) is 6.26 Å². The third kappa shape index (κ3) is 2.99. The summed E-state index contributed by atoms with van der Waals surface area (Å²) in [5.74, 6) is 0.637. The summed E-state index contributed by atoms with van der Waals surface area (Å²) >= 11 is 3.10. The summed E-state index contributed by atoms with van der Waals surface area (Å²) in [6.07, 6.45) is 2.02. The van der Waals surface area contributed by atoms with Crippen LogP contribution in [-0.4, -0.2) is 37.4 Å². The van der Waals surface area contributed by atoms with E-state index in [1.54, 1.807) is 18.9 Å². The fourth-order valence-electron chi connectivity index (χ4n) is 1.28. The number of nitrogen functional groups attached to an aromatic ring is 1. The van der Waals surface area contributed by atoms with Crippen LogP contribution in [0.1, 0.15) is 6.92 Å². The molecule has 0 aliphatic carbocycles. The summed E-state index contributed by atoms with van der Waals surface area (Å²) in [7, 11) is 1.71. The van der Waals surface area contributed by atoms with E-state index in [2.05, 4.69) is 16.2 Å². The SMILES string of the molecule is CCN(CCOC)c1snc(N)c1SC. The van der Waals surface area contributed by atoms with Crippen LogP contribution in [-0.2, 0) is 4.74 Å². The minimum Gasteiger partial charge on any atom is -0.383 e. The van der Waals surface area contributed by atoms with E-state index in [4.69, 9.17) is 10.5 Å². The summed E-state index contributed by atoms with van der Waals surface area (Å²) in [5, 5.41) is 1.15. The molecule has 0 fully saturated rings. The van der Waals surface area contributed by atoms with Gasteiger partial charge in [0, 0.05) is 20.2 Å².